The van der Waals surface area contributed by atoms with Crippen molar-refractivity contribution in [2.45, 2.75) is 6.42 Å². The second-order valence-corrected chi connectivity index (χ2v) is 3.73. The van der Waals surface area contributed by atoms with E-state index in [-0.39, 0.29) is 0 Å². The summed E-state index contributed by atoms with van der Waals surface area (Å²) in [6.45, 7) is 0. The van der Waals surface area contributed by atoms with E-state index >= 15 is 0 Å². The van der Waals surface area contributed by atoms with Crippen LogP contribution in [0.3, 0.4) is 0 Å². The van der Waals surface area contributed by atoms with Gasteiger partial charge in [0.2, 0.25) is 0 Å². The number of nitroso groups, excluding NO2 is 1. The molecule has 1 aliphatic heterocycles. The fourth-order valence-corrected chi connectivity index (χ4v) is 1.97. The van der Waals surface area contributed by atoms with Crippen molar-refractivity contribution in [3.63, 3.8) is 0 Å². The van der Waals surface area contributed by atoms with Crippen LogP contribution in [0.15, 0.2) is 47.6 Å². The molecule has 0 unspecified atom stereocenters. The molecule has 0 saturated heterocycles. The van der Waals surface area contributed by atoms with Gasteiger partial charge in [0, 0.05) is 12.0 Å². The molecule has 3 rings (SSSR count). The van der Waals surface area contributed by atoms with E-state index in [1.807, 2.05) is 30.3 Å². The van der Waals surface area contributed by atoms with Crippen molar-refractivity contribution in [2.24, 2.45) is 5.18 Å². The average Bonchev–Trinajstić information content (AvgIpc) is 2.35. The van der Waals surface area contributed by atoms with Crippen LogP contribution in [0.2, 0.25) is 0 Å². The van der Waals surface area contributed by atoms with Gasteiger partial charge in [-0.25, -0.2) is 0 Å². The highest BCUT2D eigenvalue weighted by atomic mass is 16.5. The summed E-state index contributed by atoms with van der Waals surface area (Å²) in [7, 11) is 0. The number of nitrogens with zero attached hydrogens (tertiary/aromatic N) is 1. The third kappa shape index (κ3) is 1.29. The van der Waals surface area contributed by atoms with Crippen molar-refractivity contribution >= 4 is 5.69 Å². The molecule has 1 heterocycles. The number of ether oxygens (including phenoxy) is 1. The van der Waals surface area contributed by atoms with Gasteiger partial charge in [-0.15, -0.1) is 4.91 Å². The summed E-state index contributed by atoms with van der Waals surface area (Å²) in [5, 5.41) is 3.03. The number of hydrogen-bond acceptors (Lipinski definition) is 3. The van der Waals surface area contributed by atoms with Crippen LogP contribution in [0.25, 0.3) is 0 Å². The van der Waals surface area contributed by atoms with E-state index < -0.39 is 0 Å². The van der Waals surface area contributed by atoms with Crippen molar-refractivity contribution in [3.05, 3.63) is 58.5 Å². The van der Waals surface area contributed by atoms with Crippen LogP contribution in [0.1, 0.15) is 11.1 Å². The third-order valence-electron chi connectivity index (χ3n) is 2.77. The smallest absolute Gasteiger partial charge is 0.133 e. The van der Waals surface area contributed by atoms with E-state index in [9.17, 15) is 4.91 Å². The summed E-state index contributed by atoms with van der Waals surface area (Å²) in [5.74, 6) is 1.59. The lowest BCUT2D eigenvalue weighted by atomic mass is 9.99. The number of rotatable bonds is 1. The molecule has 0 N–H and O–H groups in total. The lowest BCUT2D eigenvalue weighted by molar-refractivity contribution is 0.460. The topological polar surface area (TPSA) is 38.7 Å². The summed E-state index contributed by atoms with van der Waals surface area (Å²) < 4.78 is 5.72. The Bertz CT molecular complexity index is 564. The molecule has 0 atom stereocenters. The summed E-state index contributed by atoms with van der Waals surface area (Å²) >= 11 is 0. The van der Waals surface area contributed by atoms with E-state index in [1.165, 1.54) is 0 Å². The van der Waals surface area contributed by atoms with Gasteiger partial charge < -0.3 is 4.74 Å². The molecule has 0 bridgehead atoms. The normalized spacial score (nSPS) is 12.2. The molecule has 3 heteroatoms. The van der Waals surface area contributed by atoms with Crippen molar-refractivity contribution < 1.29 is 4.74 Å². The molecule has 0 fully saturated rings. The van der Waals surface area contributed by atoms with E-state index in [0.717, 1.165) is 22.6 Å². The van der Waals surface area contributed by atoms with E-state index in [1.54, 1.807) is 12.1 Å². The molecule has 0 spiro atoms. The van der Waals surface area contributed by atoms with E-state index in [0.29, 0.717) is 12.1 Å². The van der Waals surface area contributed by atoms with Crippen molar-refractivity contribution in [1.29, 1.82) is 0 Å². The van der Waals surface area contributed by atoms with Crippen molar-refractivity contribution in [2.75, 3.05) is 0 Å². The van der Waals surface area contributed by atoms with Gasteiger partial charge in [-0.05, 0) is 28.9 Å². The Morgan fingerprint density at radius 2 is 1.81 bits per heavy atom. The number of fused-ring (bicyclic) bond motifs is 2. The zero-order valence-electron chi connectivity index (χ0n) is 8.51. The predicted molar refractivity (Wildman–Crippen MR) is 61.2 cm³/mol. The summed E-state index contributed by atoms with van der Waals surface area (Å²) in [5.41, 5.74) is 2.43. The van der Waals surface area contributed by atoms with Gasteiger partial charge in [0.1, 0.15) is 17.2 Å². The fraction of sp³-hybridized carbons (Fsp3) is 0.0769. The summed E-state index contributed by atoms with van der Waals surface area (Å²) in [6, 6.07) is 13.2. The molecule has 2 aromatic rings. The Hall–Kier alpha value is -2.16. The minimum Gasteiger partial charge on any atom is -0.457 e. The highest BCUT2D eigenvalue weighted by molar-refractivity contribution is 5.60. The highest BCUT2D eigenvalue weighted by Gasteiger charge is 2.19. The molecule has 78 valence electrons. The Labute approximate surface area is 92.7 Å². The first-order chi connectivity index (χ1) is 7.88. The summed E-state index contributed by atoms with van der Waals surface area (Å²) in [6.07, 6.45) is 0.702. The standard InChI is InChI=1S/C13H9NO2/c15-14-11-5-3-7-13-10(11)8-9-4-1-2-6-12(9)16-13/h1-7H,8H2. The minimum absolute atomic E-state index is 0.465. The predicted octanol–water partition coefficient (Wildman–Crippen LogP) is 3.78. The van der Waals surface area contributed by atoms with Gasteiger partial charge in [-0.2, -0.15) is 0 Å². The number of benzene rings is 2. The first-order valence-electron chi connectivity index (χ1n) is 5.09. The number of para-hydroxylation sites is 1. The maximum absolute atomic E-state index is 10.7. The van der Waals surface area contributed by atoms with Gasteiger partial charge in [0.15, 0.2) is 0 Å². The van der Waals surface area contributed by atoms with Crippen LogP contribution in [0, 0.1) is 4.91 Å². The molecule has 0 aliphatic carbocycles. The van der Waals surface area contributed by atoms with Gasteiger partial charge in [-0.1, -0.05) is 24.3 Å². The van der Waals surface area contributed by atoms with Gasteiger partial charge in [0.05, 0.1) is 0 Å². The summed E-state index contributed by atoms with van der Waals surface area (Å²) in [4.78, 5) is 10.7. The van der Waals surface area contributed by atoms with Crippen molar-refractivity contribution in [3.8, 4) is 11.5 Å². The highest BCUT2D eigenvalue weighted by Crippen LogP contribution is 2.40. The maximum Gasteiger partial charge on any atom is 0.133 e. The SMILES string of the molecule is O=Nc1cccc2c1Cc1ccccc1O2. The molecule has 0 saturated carbocycles. The molecular weight excluding hydrogens is 202 g/mol. The van der Waals surface area contributed by atoms with Gasteiger partial charge >= 0.3 is 0 Å². The van der Waals surface area contributed by atoms with Crippen molar-refractivity contribution in [1.82, 2.24) is 0 Å². The zero-order chi connectivity index (χ0) is 11.0. The average molecular weight is 211 g/mol. The molecule has 3 nitrogen and oxygen atoms in total. The first-order valence-corrected chi connectivity index (χ1v) is 5.09. The molecule has 0 amide bonds. The maximum atomic E-state index is 10.7. The monoisotopic (exact) mass is 211 g/mol. The van der Waals surface area contributed by atoms with Gasteiger partial charge in [0.25, 0.3) is 0 Å². The Kier molecular flexibility index (Phi) is 1.96. The second-order valence-electron chi connectivity index (χ2n) is 3.73. The van der Waals surface area contributed by atoms with Crippen LogP contribution in [0.5, 0.6) is 11.5 Å². The molecule has 2 aromatic carbocycles. The minimum atomic E-state index is 0.465. The van der Waals surface area contributed by atoms with Crippen LogP contribution in [-0.4, -0.2) is 0 Å². The van der Waals surface area contributed by atoms with Crippen LogP contribution in [0.4, 0.5) is 5.69 Å². The van der Waals surface area contributed by atoms with E-state index in [2.05, 4.69) is 5.18 Å². The van der Waals surface area contributed by atoms with Crippen LogP contribution >= 0.6 is 0 Å². The largest absolute Gasteiger partial charge is 0.457 e. The lowest BCUT2D eigenvalue weighted by Gasteiger charge is -2.20. The molecule has 16 heavy (non-hydrogen) atoms. The number of hydrogen-bond donors (Lipinski definition) is 0. The quantitative estimate of drug-likeness (QED) is 0.574. The Morgan fingerprint density at radius 1 is 1.00 bits per heavy atom. The van der Waals surface area contributed by atoms with Crippen LogP contribution in [-0.2, 0) is 6.42 Å². The Morgan fingerprint density at radius 3 is 2.69 bits per heavy atom. The first kappa shape index (κ1) is 9.09. The van der Waals surface area contributed by atoms with Gasteiger partial charge in [-0.3, -0.25) is 0 Å². The zero-order valence-corrected chi connectivity index (χ0v) is 8.51. The molecular formula is C13H9NO2. The van der Waals surface area contributed by atoms with E-state index in [4.69, 9.17) is 4.74 Å². The third-order valence-corrected chi connectivity index (χ3v) is 2.77. The second kappa shape index (κ2) is 3.45. The fourth-order valence-electron chi connectivity index (χ4n) is 1.97. The molecule has 0 radical (unpaired) electrons. The lowest BCUT2D eigenvalue weighted by Crippen LogP contribution is -2.02. The Balaban J connectivity index is 2.15. The molecule has 1 aliphatic rings. The van der Waals surface area contributed by atoms with Crippen LogP contribution < -0.4 is 4.74 Å². The molecule has 0 aromatic heterocycles.